The first-order chi connectivity index (χ1) is 10.3. The van der Waals surface area contributed by atoms with Crippen molar-refractivity contribution < 1.29 is 0 Å². The Labute approximate surface area is 132 Å². The molecule has 0 N–H and O–H groups in total. The Bertz CT molecular complexity index is 424. The summed E-state index contributed by atoms with van der Waals surface area (Å²) in [5.41, 5.74) is 3.73. The third kappa shape index (κ3) is 2.34. The van der Waals surface area contributed by atoms with Crippen LogP contribution < -0.4 is 0 Å². The first-order valence-electron chi connectivity index (χ1n) is 9.98. The summed E-state index contributed by atoms with van der Waals surface area (Å²) in [5.74, 6) is 6.59. The van der Waals surface area contributed by atoms with Gasteiger partial charge in [0.05, 0.1) is 0 Å². The zero-order valence-electron chi connectivity index (χ0n) is 14.2. The number of rotatable bonds is 2. The first-order valence-corrected chi connectivity index (χ1v) is 9.98. The molecule has 3 saturated carbocycles. The Hall–Kier alpha value is -0.195. The summed E-state index contributed by atoms with van der Waals surface area (Å²) in [6.07, 6.45) is 16.6. The largest absolute Gasteiger partial charge is 0.133 e. The van der Waals surface area contributed by atoms with Crippen molar-refractivity contribution in [3.8, 4) is 0 Å². The molecule has 4 aliphatic carbocycles. The second kappa shape index (κ2) is 5.78. The molecule has 0 aromatic heterocycles. The smallest absolute Gasteiger partial charge is 0.110 e. The third-order valence-electron chi connectivity index (χ3n) is 7.95. The van der Waals surface area contributed by atoms with Gasteiger partial charge >= 0.3 is 0 Å². The van der Waals surface area contributed by atoms with E-state index in [1.165, 1.54) is 38.5 Å². The third-order valence-corrected chi connectivity index (χ3v) is 7.95. The highest BCUT2D eigenvalue weighted by Gasteiger charge is 2.49. The van der Waals surface area contributed by atoms with Crippen molar-refractivity contribution in [3.63, 3.8) is 0 Å². The van der Waals surface area contributed by atoms with Crippen molar-refractivity contribution in [1.29, 1.82) is 0 Å². The van der Waals surface area contributed by atoms with Crippen LogP contribution in [0.2, 0.25) is 0 Å². The van der Waals surface area contributed by atoms with Gasteiger partial charge in [-0.3, -0.25) is 0 Å². The highest BCUT2D eigenvalue weighted by molar-refractivity contribution is 6.22. The molecule has 1 heteroatoms. The summed E-state index contributed by atoms with van der Waals surface area (Å²) in [5, 5.41) is 0. The molecule has 4 aliphatic rings. The Kier molecular flexibility index (Phi) is 3.96. The molecule has 0 saturated heterocycles. The van der Waals surface area contributed by atoms with Crippen molar-refractivity contribution in [1.82, 2.24) is 0 Å². The average Bonchev–Trinajstić information content (AvgIpc) is 2.36. The predicted molar refractivity (Wildman–Crippen MR) is 93.0 cm³/mol. The van der Waals surface area contributed by atoms with E-state index in [0.29, 0.717) is 0 Å². The van der Waals surface area contributed by atoms with E-state index in [0.717, 1.165) is 35.5 Å². The van der Waals surface area contributed by atoms with E-state index in [2.05, 4.69) is 14.8 Å². The first kappa shape index (κ1) is 14.4. The monoisotopic (exact) mass is 284 g/mol. The molecule has 116 valence electrons. The van der Waals surface area contributed by atoms with Crippen molar-refractivity contribution >= 4 is 7.85 Å². The van der Waals surface area contributed by atoms with Gasteiger partial charge in [-0.15, -0.1) is 5.47 Å². The molecule has 0 spiro atoms. The van der Waals surface area contributed by atoms with Gasteiger partial charge in [0.25, 0.3) is 0 Å². The van der Waals surface area contributed by atoms with Crippen LogP contribution >= 0.6 is 0 Å². The van der Waals surface area contributed by atoms with Gasteiger partial charge in [0.1, 0.15) is 7.85 Å². The van der Waals surface area contributed by atoms with Crippen LogP contribution in [0.1, 0.15) is 77.6 Å². The zero-order valence-corrected chi connectivity index (χ0v) is 14.2. The molecule has 0 amide bonds. The fraction of sp³-hybridized carbons (Fsp3) is 0.900. The summed E-state index contributed by atoms with van der Waals surface area (Å²) in [6.45, 7) is 2.42. The molecule has 6 unspecified atom stereocenters. The molecule has 0 nitrogen and oxygen atoms in total. The fourth-order valence-corrected chi connectivity index (χ4v) is 6.43. The number of allylic oxidation sites excluding steroid dienone is 2. The van der Waals surface area contributed by atoms with Crippen molar-refractivity contribution in [3.05, 3.63) is 11.0 Å². The summed E-state index contributed by atoms with van der Waals surface area (Å²) < 4.78 is 0. The lowest BCUT2D eigenvalue weighted by Gasteiger charge is -2.55. The normalized spacial score (nSPS) is 49.4. The Morgan fingerprint density at radius 2 is 1.71 bits per heavy atom. The molecular formula is C20H33B. The molecule has 0 bridgehead atoms. The van der Waals surface area contributed by atoms with Gasteiger partial charge < -0.3 is 0 Å². The molecule has 4 rings (SSSR count). The quantitative estimate of drug-likeness (QED) is 0.630. The minimum Gasteiger partial charge on any atom is -0.110 e. The summed E-state index contributed by atoms with van der Waals surface area (Å²) in [7, 11) is 2.47. The standard InChI is InChI=1S/C20H33B/c1-2-4-15-17-10-9-16(17)14-8-7-13(14)5-3-6-20(21)19-12-11-18(15)19/h13-18H,2-12,21H2,1H3/b20-19+. The van der Waals surface area contributed by atoms with Crippen LogP contribution in [0.5, 0.6) is 0 Å². The second-order valence-electron chi connectivity index (χ2n) is 8.70. The van der Waals surface area contributed by atoms with Gasteiger partial charge in [-0.25, -0.2) is 0 Å². The summed E-state index contributed by atoms with van der Waals surface area (Å²) in [6, 6.07) is 0. The minimum atomic E-state index is 1.01. The zero-order chi connectivity index (χ0) is 14.4. The number of hydrogen-bond acceptors (Lipinski definition) is 0. The van der Waals surface area contributed by atoms with Crippen molar-refractivity contribution in [2.45, 2.75) is 77.6 Å². The van der Waals surface area contributed by atoms with E-state index in [-0.39, 0.29) is 0 Å². The number of hydrogen-bond donors (Lipinski definition) is 0. The Balaban J connectivity index is 1.60. The van der Waals surface area contributed by atoms with E-state index < -0.39 is 0 Å². The maximum atomic E-state index is 2.47. The van der Waals surface area contributed by atoms with E-state index in [1.54, 1.807) is 37.6 Å². The molecule has 0 aromatic rings. The molecule has 6 atom stereocenters. The summed E-state index contributed by atoms with van der Waals surface area (Å²) >= 11 is 0. The van der Waals surface area contributed by atoms with Crippen LogP contribution in [0.25, 0.3) is 0 Å². The van der Waals surface area contributed by atoms with Gasteiger partial charge in [0.2, 0.25) is 0 Å². The Morgan fingerprint density at radius 3 is 2.29 bits per heavy atom. The highest BCUT2D eigenvalue weighted by atomic mass is 14.5. The van der Waals surface area contributed by atoms with Crippen LogP contribution in [0.3, 0.4) is 0 Å². The predicted octanol–water partition coefficient (Wildman–Crippen LogP) is 4.94. The molecule has 0 heterocycles. The lowest BCUT2D eigenvalue weighted by atomic mass is 9.50. The molecule has 3 fully saturated rings. The maximum Gasteiger partial charge on any atom is 0.133 e. The Morgan fingerprint density at radius 1 is 0.905 bits per heavy atom. The van der Waals surface area contributed by atoms with Crippen LogP contribution in [0.4, 0.5) is 0 Å². The van der Waals surface area contributed by atoms with Gasteiger partial charge in [0, 0.05) is 0 Å². The molecule has 21 heavy (non-hydrogen) atoms. The van der Waals surface area contributed by atoms with E-state index in [1.807, 2.05) is 5.57 Å². The fourth-order valence-electron chi connectivity index (χ4n) is 6.43. The van der Waals surface area contributed by atoms with Crippen molar-refractivity contribution in [2.75, 3.05) is 0 Å². The highest BCUT2D eigenvalue weighted by Crippen LogP contribution is 2.59. The van der Waals surface area contributed by atoms with Gasteiger partial charge in [-0.2, -0.15) is 0 Å². The SMILES string of the molecule is B/C1=C2\CCC2C(CCC)C2CCC2C2CCC2CCC1. The molecule has 0 aromatic carbocycles. The van der Waals surface area contributed by atoms with Crippen LogP contribution in [0.15, 0.2) is 11.0 Å². The average molecular weight is 284 g/mol. The van der Waals surface area contributed by atoms with Crippen LogP contribution in [0, 0.1) is 35.5 Å². The summed E-state index contributed by atoms with van der Waals surface area (Å²) in [4.78, 5) is 0. The van der Waals surface area contributed by atoms with E-state index >= 15 is 0 Å². The van der Waals surface area contributed by atoms with Gasteiger partial charge in [-0.05, 0) is 93.3 Å². The molecule has 0 aliphatic heterocycles. The topological polar surface area (TPSA) is 0 Å². The van der Waals surface area contributed by atoms with E-state index in [9.17, 15) is 0 Å². The van der Waals surface area contributed by atoms with Crippen molar-refractivity contribution in [2.24, 2.45) is 35.5 Å². The lowest BCUT2D eigenvalue weighted by molar-refractivity contribution is -0.0412. The van der Waals surface area contributed by atoms with Crippen LogP contribution in [-0.4, -0.2) is 7.85 Å². The lowest BCUT2D eigenvalue weighted by Crippen LogP contribution is -2.46. The van der Waals surface area contributed by atoms with E-state index in [4.69, 9.17) is 0 Å². The minimum absolute atomic E-state index is 1.01. The number of fused-ring (bicyclic) bond motifs is 4. The van der Waals surface area contributed by atoms with Gasteiger partial charge in [-0.1, -0.05) is 25.3 Å². The maximum absolute atomic E-state index is 2.47. The molecule has 0 radical (unpaired) electrons. The second-order valence-corrected chi connectivity index (χ2v) is 8.70. The van der Waals surface area contributed by atoms with Gasteiger partial charge in [0.15, 0.2) is 0 Å². The molecular weight excluding hydrogens is 251 g/mol. The van der Waals surface area contributed by atoms with Crippen LogP contribution in [-0.2, 0) is 0 Å².